The van der Waals surface area contributed by atoms with Crippen LogP contribution in [0.3, 0.4) is 0 Å². The van der Waals surface area contributed by atoms with E-state index >= 15 is 0 Å². The summed E-state index contributed by atoms with van der Waals surface area (Å²) in [7, 11) is 0. The first-order chi connectivity index (χ1) is 16.0. The van der Waals surface area contributed by atoms with E-state index in [1.807, 2.05) is 71.6 Å². The Bertz CT molecular complexity index is 1150. The van der Waals surface area contributed by atoms with E-state index in [0.717, 1.165) is 28.2 Å². The Labute approximate surface area is 196 Å². The van der Waals surface area contributed by atoms with Crippen LogP contribution in [0.2, 0.25) is 0 Å². The van der Waals surface area contributed by atoms with Crippen LogP contribution in [-0.4, -0.2) is 41.5 Å². The zero-order valence-corrected chi connectivity index (χ0v) is 19.5. The van der Waals surface area contributed by atoms with Gasteiger partial charge in [0.25, 0.3) is 0 Å². The van der Waals surface area contributed by atoms with E-state index in [2.05, 4.69) is 31.7 Å². The predicted octanol–water partition coefficient (Wildman–Crippen LogP) is 5.02. The Kier molecular flexibility index (Phi) is 6.74. The van der Waals surface area contributed by atoms with E-state index in [-0.39, 0.29) is 17.9 Å². The second kappa shape index (κ2) is 9.87. The van der Waals surface area contributed by atoms with Crippen molar-refractivity contribution in [1.29, 1.82) is 5.26 Å². The van der Waals surface area contributed by atoms with Crippen molar-refractivity contribution >= 4 is 11.7 Å². The monoisotopic (exact) mass is 438 g/mol. The number of anilines is 1. The van der Waals surface area contributed by atoms with Crippen LogP contribution in [0.15, 0.2) is 66.7 Å². The quantitative estimate of drug-likeness (QED) is 0.561. The molecule has 0 aliphatic carbocycles. The number of hydrogen-bond acceptors (Lipinski definition) is 4. The maximum atomic E-state index is 13.0. The van der Waals surface area contributed by atoms with Gasteiger partial charge < -0.3 is 9.80 Å². The van der Waals surface area contributed by atoms with Crippen molar-refractivity contribution in [3.8, 4) is 17.2 Å². The van der Waals surface area contributed by atoms with Crippen LogP contribution in [-0.2, 0) is 11.2 Å². The van der Waals surface area contributed by atoms with Crippen molar-refractivity contribution in [2.24, 2.45) is 0 Å². The molecule has 4 rings (SSSR count). The summed E-state index contributed by atoms with van der Waals surface area (Å²) in [4.78, 5) is 22.0. The summed E-state index contributed by atoms with van der Waals surface area (Å²) < 4.78 is 0. The molecule has 168 valence electrons. The zero-order valence-electron chi connectivity index (χ0n) is 19.5. The summed E-state index contributed by atoms with van der Waals surface area (Å²) in [5.41, 5.74) is 4.54. The van der Waals surface area contributed by atoms with Gasteiger partial charge in [-0.05, 0) is 30.0 Å². The van der Waals surface area contributed by atoms with Crippen molar-refractivity contribution < 1.29 is 4.79 Å². The Morgan fingerprint density at radius 2 is 1.76 bits per heavy atom. The van der Waals surface area contributed by atoms with Gasteiger partial charge in [0.1, 0.15) is 17.5 Å². The molecule has 2 aromatic carbocycles. The van der Waals surface area contributed by atoms with Crippen molar-refractivity contribution in [3.63, 3.8) is 0 Å². The molecule has 2 heterocycles. The number of pyridine rings is 1. The maximum Gasteiger partial charge on any atom is 0.227 e. The highest BCUT2D eigenvalue weighted by Crippen LogP contribution is 2.33. The smallest absolute Gasteiger partial charge is 0.227 e. The lowest BCUT2D eigenvalue weighted by atomic mass is 9.97. The number of carbonyl (C=O) groups excluding carboxylic acids is 1. The number of benzene rings is 2. The summed E-state index contributed by atoms with van der Waals surface area (Å²) in [6, 6.07) is 24.4. The molecule has 1 aliphatic rings. The number of nitriles is 1. The molecular formula is C28H30N4O. The molecule has 1 atom stereocenters. The summed E-state index contributed by atoms with van der Waals surface area (Å²) in [6.07, 6.45) is 0.411. The van der Waals surface area contributed by atoms with Crippen molar-refractivity contribution in [3.05, 3.63) is 83.6 Å². The van der Waals surface area contributed by atoms with E-state index in [1.54, 1.807) is 0 Å². The fourth-order valence-corrected chi connectivity index (χ4v) is 4.42. The van der Waals surface area contributed by atoms with Gasteiger partial charge in [0.15, 0.2) is 0 Å². The van der Waals surface area contributed by atoms with Gasteiger partial charge in [-0.3, -0.25) is 4.79 Å². The van der Waals surface area contributed by atoms with Crippen LogP contribution in [0.25, 0.3) is 11.1 Å². The SMILES string of the molecule is CC(C)c1cc(-c2ccccc2)c(C#N)c(N2CCN(C(=O)Cc3ccccc3)C(C)C2)n1. The number of hydrogen-bond donors (Lipinski definition) is 0. The summed E-state index contributed by atoms with van der Waals surface area (Å²) >= 11 is 0. The number of rotatable bonds is 5. The molecule has 0 bridgehead atoms. The fourth-order valence-electron chi connectivity index (χ4n) is 4.42. The molecule has 1 saturated heterocycles. The molecule has 1 amide bonds. The Morgan fingerprint density at radius 3 is 2.36 bits per heavy atom. The summed E-state index contributed by atoms with van der Waals surface area (Å²) in [6.45, 7) is 8.24. The van der Waals surface area contributed by atoms with E-state index in [0.29, 0.717) is 31.6 Å². The number of piperazine rings is 1. The molecule has 0 spiro atoms. The van der Waals surface area contributed by atoms with Gasteiger partial charge in [0.05, 0.1) is 6.42 Å². The highest BCUT2D eigenvalue weighted by Gasteiger charge is 2.30. The lowest BCUT2D eigenvalue weighted by Crippen LogP contribution is -2.54. The topological polar surface area (TPSA) is 60.2 Å². The van der Waals surface area contributed by atoms with Gasteiger partial charge in [-0.1, -0.05) is 74.5 Å². The van der Waals surface area contributed by atoms with Crippen LogP contribution < -0.4 is 4.90 Å². The van der Waals surface area contributed by atoms with E-state index in [1.165, 1.54) is 0 Å². The average Bonchev–Trinajstić information content (AvgIpc) is 2.84. The lowest BCUT2D eigenvalue weighted by Gasteiger charge is -2.41. The van der Waals surface area contributed by atoms with Crippen LogP contribution >= 0.6 is 0 Å². The largest absolute Gasteiger partial charge is 0.352 e. The Hall–Kier alpha value is -3.65. The molecule has 0 N–H and O–H groups in total. The Balaban J connectivity index is 1.61. The third kappa shape index (κ3) is 4.90. The molecule has 3 aromatic rings. The molecular weight excluding hydrogens is 408 g/mol. The van der Waals surface area contributed by atoms with Crippen LogP contribution in [0, 0.1) is 11.3 Å². The highest BCUT2D eigenvalue weighted by molar-refractivity contribution is 5.80. The normalized spacial score (nSPS) is 16.0. The number of amides is 1. The second-order valence-electron chi connectivity index (χ2n) is 8.97. The van der Waals surface area contributed by atoms with Gasteiger partial charge in [-0.15, -0.1) is 0 Å². The minimum Gasteiger partial charge on any atom is -0.352 e. The zero-order chi connectivity index (χ0) is 23.4. The summed E-state index contributed by atoms with van der Waals surface area (Å²) in [5.74, 6) is 1.11. The summed E-state index contributed by atoms with van der Waals surface area (Å²) in [5, 5.41) is 10.1. The van der Waals surface area contributed by atoms with Gasteiger partial charge in [0, 0.05) is 36.9 Å². The van der Waals surface area contributed by atoms with Gasteiger partial charge in [-0.25, -0.2) is 4.98 Å². The number of aromatic nitrogens is 1. The molecule has 5 heteroatoms. The molecule has 5 nitrogen and oxygen atoms in total. The Morgan fingerprint density at radius 1 is 1.09 bits per heavy atom. The molecule has 1 unspecified atom stereocenters. The molecule has 1 aromatic heterocycles. The number of nitrogens with zero attached hydrogens (tertiary/aromatic N) is 4. The van der Waals surface area contributed by atoms with Crippen molar-refractivity contribution in [2.45, 2.75) is 39.2 Å². The van der Waals surface area contributed by atoms with Crippen molar-refractivity contribution in [2.75, 3.05) is 24.5 Å². The fraction of sp³-hybridized carbons (Fsp3) is 0.321. The van der Waals surface area contributed by atoms with E-state index < -0.39 is 0 Å². The third-order valence-electron chi connectivity index (χ3n) is 6.25. The van der Waals surface area contributed by atoms with Crippen molar-refractivity contribution in [1.82, 2.24) is 9.88 Å². The lowest BCUT2D eigenvalue weighted by molar-refractivity contribution is -0.132. The van der Waals surface area contributed by atoms with Gasteiger partial charge in [-0.2, -0.15) is 5.26 Å². The molecule has 33 heavy (non-hydrogen) atoms. The van der Waals surface area contributed by atoms with Crippen LogP contribution in [0.1, 0.15) is 43.5 Å². The molecule has 1 fully saturated rings. The first kappa shape index (κ1) is 22.5. The number of carbonyl (C=O) groups is 1. The van der Waals surface area contributed by atoms with Gasteiger partial charge >= 0.3 is 0 Å². The second-order valence-corrected chi connectivity index (χ2v) is 8.97. The van der Waals surface area contributed by atoms with E-state index in [4.69, 9.17) is 4.98 Å². The third-order valence-corrected chi connectivity index (χ3v) is 6.25. The van der Waals surface area contributed by atoms with E-state index in [9.17, 15) is 10.1 Å². The minimum atomic E-state index is 0.0335. The molecule has 1 aliphatic heterocycles. The first-order valence-electron chi connectivity index (χ1n) is 11.6. The van der Waals surface area contributed by atoms with Crippen LogP contribution in [0.5, 0.6) is 0 Å². The predicted molar refractivity (Wildman–Crippen MR) is 132 cm³/mol. The molecule has 0 radical (unpaired) electrons. The molecule has 0 saturated carbocycles. The standard InChI is InChI=1S/C28H30N4O/c1-20(2)26-17-24(23-12-8-5-9-13-23)25(18-29)28(30-26)31-14-15-32(21(3)19-31)27(33)16-22-10-6-4-7-11-22/h4-13,17,20-21H,14-16,19H2,1-3H3. The maximum absolute atomic E-state index is 13.0. The average molecular weight is 439 g/mol. The first-order valence-corrected chi connectivity index (χ1v) is 11.6. The highest BCUT2D eigenvalue weighted by atomic mass is 16.2. The van der Waals surface area contributed by atoms with Crippen LogP contribution in [0.4, 0.5) is 5.82 Å². The minimum absolute atomic E-state index is 0.0335. The van der Waals surface area contributed by atoms with Gasteiger partial charge in [0.2, 0.25) is 5.91 Å².